The molecular formula is C16H20N4O2. The standard InChI is InChI=1S/C16H20N4O2/c1-2-14(15-17-10-18-20-15)19-16(21)12-5-7-13(8-6-12)22-9-11-3-4-11/h5-8,10-11,14H,2-4,9H2,1H3,(H,19,21)(H,17,18,20). The van der Waals surface area contributed by atoms with Gasteiger partial charge in [0.1, 0.15) is 17.9 Å². The van der Waals surface area contributed by atoms with Crippen LogP contribution >= 0.6 is 0 Å². The zero-order valence-corrected chi connectivity index (χ0v) is 12.6. The Kier molecular flexibility index (Phi) is 4.37. The average Bonchev–Trinajstić information content (AvgIpc) is 3.23. The van der Waals surface area contributed by atoms with E-state index in [0.717, 1.165) is 24.7 Å². The summed E-state index contributed by atoms with van der Waals surface area (Å²) in [6, 6.07) is 7.08. The van der Waals surface area contributed by atoms with Gasteiger partial charge >= 0.3 is 0 Å². The second kappa shape index (κ2) is 6.60. The van der Waals surface area contributed by atoms with Crippen molar-refractivity contribution in [1.82, 2.24) is 20.5 Å². The van der Waals surface area contributed by atoms with Crippen LogP contribution in [0.15, 0.2) is 30.6 Å². The van der Waals surface area contributed by atoms with Crippen LogP contribution in [-0.4, -0.2) is 27.7 Å². The minimum atomic E-state index is -0.166. The zero-order chi connectivity index (χ0) is 15.4. The minimum absolute atomic E-state index is 0.128. The molecule has 116 valence electrons. The lowest BCUT2D eigenvalue weighted by Gasteiger charge is -2.14. The van der Waals surface area contributed by atoms with Crippen LogP contribution < -0.4 is 10.1 Å². The Labute approximate surface area is 129 Å². The van der Waals surface area contributed by atoms with Crippen molar-refractivity contribution in [2.75, 3.05) is 6.61 Å². The fourth-order valence-electron chi connectivity index (χ4n) is 2.19. The van der Waals surface area contributed by atoms with Gasteiger partial charge in [-0.1, -0.05) is 6.92 Å². The van der Waals surface area contributed by atoms with Crippen molar-refractivity contribution < 1.29 is 9.53 Å². The number of rotatable bonds is 7. The second-order valence-corrected chi connectivity index (χ2v) is 5.58. The van der Waals surface area contributed by atoms with Gasteiger partial charge in [0.05, 0.1) is 12.6 Å². The van der Waals surface area contributed by atoms with E-state index < -0.39 is 0 Å². The highest BCUT2D eigenvalue weighted by molar-refractivity contribution is 5.94. The zero-order valence-electron chi connectivity index (χ0n) is 12.6. The van der Waals surface area contributed by atoms with Gasteiger partial charge in [0.25, 0.3) is 5.91 Å². The molecule has 1 amide bonds. The Balaban J connectivity index is 1.58. The maximum Gasteiger partial charge on any atom is 0.251 e. The summed E-state index contributed by atoms with van der Waals surface area (Å²) in [7, 11) is 0. The van der Waals surface area contributed by atoms with Crippen LogP contribution in [0.3, 0.4) is 0 Å². The molecule has 1 unspecified atom stereocenters. The summed E-state index contributed by atoms with van der Waals surface area (Å²) in [6.45, 7) is 2.76. The van der Waals surface area contributed by atoms with Gasteiger partial charge in [-0.2, -0.15) is 5.10 Å². The van der Waals surface area contributed by atoms with Crippen LogP contribution in [0, 0.1) is 5.92 Å². The van der Waals surface area contributed by atoms with Gasteiger partial charge in [0, 0.05) is 5.56 Å². The van der Waals surface area contributed by atoms with Crippen molar-refractivity contribution in [3.05, 3.63) is 42.0 Å². The van der Waals surface area contributed by atoms with E-state index in [2.05, 4.69) is 20.5 Å². The molecule has 2 N–H and O–H groups in total. The van der Waals surface area contributed by atoms with Crippen molar-refractivity contribution in [1.29, 1.82) is 0 Å². The summed E-state index contributed by atoms with van der Waals surface area (Å²) in [6.07, 6.45) is 4.71. The number of carbonyl (C=O) groups is 1. The predicted octanol–water partition coefficient (Wildman–Crippen LogP) is 2.47. The molecule has 0 aliphatic heterocycles. The molecule has 1 atom stereocenters. The second-order valence-electron chi connectivity index (χ2n) is 5.58. The van der Waals surface area contributed by atoms with Crippen molar-refractivity contribution >= 4 is 5.91 Å². The summed E-state index contributed by atoms with van der Waals surface area (Å²) in [5.41, 5.74) is 0.608. The number of carbonyl (C=O) groups excluding carboxylic acids is 1. The van der Waals surface area contributed by atoms with Gasteiger partial charge in [-0.05, 0) is 49.4 Å². The SMILES string of the molecule is CCC(NC(=O)c1ccc(OCC2CC2)cc1)c1ncn[nH]1. The lowest BCUT2D eigenvalue weighted by molar-refractivity contribution is 0.0933. The van der Waals surface area contributed by atoms with E-state index in [1.54, 1.807) is 12.1 Å². The van der Waals surface area contributed by atoms with E-state index in [4.69, 9.17) is 4.74 Å². The first-order chi connectivity index (χ1) is 10.8. The Hall–Kier alpha value is -2.37. The molecule has 22 heavy (non-hydrogen) atoms. The van der Waals surface area contributed by atoms with Crippen LogP contribution in [0.25, 0.3) is 0 Å². The maximum atomic E-state index is 12.3. The number of H-pyrrole nitrogens is 1. The molecule has 1 fully saturated rings. The van der Waals surface area contributed by atoms with Crippen LogP contribution in [0.5, 0.6) is 5.75 Å². The molecule has 1 aromatic carbocycles. The number of ether oxygens (including phenoxy) is 1. The summed E-state index contributed by atoms with van der Waals surface area (Å²) in [5.74, 6) is 2.07. The summed E-state index contributed by atoms with van der Waals surface area (Å²) in [5, 5.41) is 9.56. The third kappa shape index (κ3) is 3.63. The highest BCUT2D eigenvalue weighted by atomic mass is 16.5. The number of hydrogen-bond donors (Lipinski definition) is 2. The molecule has 1 aliphatic carbocycles. The molecule has 6 nitrogen and oxygen atoms in total. The fraction of sp³-hybridized carbons (Fsp3) is 0.438. The Bertz CT molecular complexity index is 606. The van der Waals surface area contributed by atoms with E-state index in [1.165, 1.54) is 19.2 Å². The molecule has 0 bridgehead atoms. The number of aromatic nitrogens is 3. The third-order valence-corrected chi connectivity index (χ3v) is 3.78. The van der Waals surface area contributed by atoms with E-state index in [9.17, 15) is 4.79 Å². The van der Waals surface area contributed by atoms with E-state index >= 15 is 0 Å². The first-order valence-corrected chi connectivity index (χ1v) is 7.65. The predicted molar refractivity (Wildman–Crippen MR) is 81.5 cm³/mol. The maximum absolute atomic E-state index is 12.3. The third-order valence-electron chi connectivity index (χ3n) is 3.78. The van der Waals surface area contributed by atoms with Gasteiger partial charge in [-0.3, -0.25) is 9.89 Å². The molecule has 3 rings (SSSR count). The van der Waals surface area contributed by atoms with Gasteiger partial charge in [-0.25, -0.2) is 4.98 Å². The highest BCUT2D eigenvalue weighted by Gasteiger charge is 2.22. The van der Waals surface area contributed by atoms with Crippen molar-refractivity contribution in [3.8, 4) is 5.75 Å². The minimum Gasteiger partial charge on any atom is -0.493 e. The molecule has 1 aromatic heterocycles. The molecular weight excluding hydrogens is 280 g/mol. The topological polar surface area (TPSA) is 79.9 Å². The van der Waals surface area contributed by atoms with Gasteiger partial charge < -0.3 is 10.1 Å². The van der Waals surface area contributed by atoms with Crippen molar-refractivity contribution in [2.24, 2.45) is 5.92 Å². The van der Waals surface area contributed by atoms with E-state index in [-0.39, 0.29) is 11.9 Å². The normalized spacial score (nSPS) is 15.3. The van der Waals surface area contributed by atoms with Crippen LogP contribution in [-0.2, 0) is 0 Å². The first-order valence-electron chi connectivity index (χ1n) is 7.65. The number of amides is 1. The van der Waals surface area contributed by atoms with Crippen molar-refractivity contribution in [3.63, 3.8) is 0 Å². The van der Waals surface area contributed by atoms with Gasteiger partial charge in [-0.15, -0.1) is 0 Å². The molecule has 6 heteroatoms. The highest BCUT2D eigenvalue weighted by Crippen LogP contribution is 2.29. The molecule has 1 heterocycles. The first kappa shape index (κ1) is 14.6. The van der Waals surface area contributed by atoms with Crippen LogP contribution in [0.1, 0.15) is 48.4 Å². The number of benzene rings is 1. The Morgan fingerprint density at radius 1 is 1.41 bits per heavy atom. The van der Waals surface area contributed by atoms with Gasteiger partial charge in [0.15, 0.2) is 0 Å². The number of nitrogens with one attached hydrogen (secondary N) is 2. The quantitative estimate of drug-likeness (QED) is 0.823. The number of hydrogen-bond acceptors (Lipinski definition) is 4. The average molecular weight is 300 g/mol. The summed E-state index contributed by atoms with van der Waals surface area (Å²) < 4.78 is 5.67. The fourth-order valence-corrected chi connectivity index (χ4v) is 2.19. The van der Waals surface area contributed by atoms with E-state index in [0.29, 0.717) is 11.4 Å². The lowest BCUT2D eigenvalue weighted by Crippen LogP contribution is -2.28. The monoisotopic (exact) mass is 300 g/mol. The van der Waals surface area contributed by atoms with Crippen LogP contribution in [0.2, 0.25) is 0 Å². The Morgan fingerprint density at radius 3 is 2.77 bits per heavy atom. The molecule has 1 aliphatic rings. The van der Waals surface area contributed by atoms with E-state index in [1.807, 2.05) is 19.1 Å². The molecule has 0 radical (unpaired) electrons. The largest absolute Gasteiger partial charge is 0.493 e. The smallest absolute Gasteiger partial charge is 0.251 e. The van der Waals surface area contributed by atoms with Crippen molar-refractivity contribution in [2.45, 2.75) is 32.2 Å². The molecule has 2 aromatic rings. The number of aromatic amines is 1. The van der Waals surface area contributed by atoms with Gasteiger partial charge in [0.2, 0.25) is 0 Å². The molecule has 0 spiro atoms. The lowest BCUT2D eigenvalue weighted by atomic mass is 10.1. The van der Waals surface area contributed by atoms with Crippen LogP contribution in [0.4, 0.5) is 0 Å². The molecule has 1 saturated carbocycles. The Morgan fingerprint density at radius 2 is 2.18 bits per heavy atom. The summed E-state index contributed by atoms with van der Waals surface area (Å²) in [4.78, 5) is 16.4. The number of nitrogens with zero attached hydrogens (tertiary/aromatic N) is 2. The summed E-state index contributed by atoms with van der Waals surface area (Å²) >= 11 is 0. The molecule has 0 saturated heterocycles.